The highest BCUT2D eigenvalue weighted by molar-refractivity contribution is 7.71. The van der Waals surface area contributed by atoms with Gasteiger partial charge in [-0.05, 0) is 31.3 Å². The molecule has 1 N–H and O–H groups in total. The lowest BCUT2D eigenvalue weighted by molar-refractivity contribution is 0.624. The standard InChI is InChI=1S/C10H8FN3S/c1-6-4-9(14-10(15)13-6)7-2-3-12-5-8(7)11/h2-5H,1H3,(H,13,14,15). The molecule has 2 heterocycles. The van der Waals surface area contributed by atoms with E-state index in [9.17, 15) is 4.39 Å². The number of nitrogens with one attached hydrogen (secondary N) is 1. The maximum Gasteiger partial charge on any atom is 0.197 e. The van der Waals surface area contributed by atoms with Gasteiger partial charge in [-0.3, -0.25) is 4.98 Å². The molecule has 0 unspecified atom stereocenters. The average Bonchev–Trinajstić information content (AvgIpc) is 2.16. The van der Waals surface area contributed by atoms with Gasteiger partial charge in [-0.15, -0.1) is 0 Å². The van der Waals surface area contributed by atoms with E-state index in [1.165, 1.54) is 6.20 Å². The molecule has 0 aliphatic carbocycles. The Hall–Kier alpha value is -1.62. The number of hydrogen-bond donors (Lipinski definition) is 1. The third-order valence-corrected chi connectivity index (χ3v) is 2.12. The molecule has 0 aliphatic rings. The van der Waals surface area contributed by atoms with Gasteiger partial charge in [0.1, 0.15) is 0 Å². The van der Waals surface area contributed by atoms with Crippen LogP contribution < -0.4 is 0 Å². The van der Waals surface area contributed by atoms with Crippen LogP contribution in [0.5, 0.6) is 0 Å². The maximum absolute atomic E-state index is 13.4. The van der Waals surface area contributed by atoms with Crippen molar-refractivity contribution < 1.29 is 4.39 Å². The second-order valence-electron chi connectivity index (χ2n) is 3.11. The molecule has 2 aromatic rings. The fraction of sp³-hybridized carbons (Fsp3) is 0.100. The molecule has 0 saturated heterocycles. The van der Waals surface area contributed by atoms with Crippen LogP contribution in [0.15, 0.2) is 24.5 Å². The Balaban J connectivity index is 2.64. The molecule has 0 amide bonds. The second-order valence-corrected chi connectivity index (χ2v) is 3.50. The summed E-state index contributed by atoms with van der Waals surface area (Å²) in [7, 11) is 0. The smallest absolute Gasteiger partial charge is 0.197 e. The first kappa shape index (κ1) is 9.92. The normalized spacial score (nSPS) is 10.3. The van der Waals surface area contributed by atoms with Crippen molar-refractivity contribution in [3.63, 3.8) is 0 Å². The minimum atomic E-state index is -0.398. The van der Waals surface area contributed by atoms with Crippen LogP contribution in [0.1, 0.15) is 5.69 Å². The highest BCUT2D eigenvalue weighted by Crippen LogP contribution is 2.19. The summed E-state index contributed by atoms with van der Waals surface area (Å²) in [6.45, 7) is 1.85. The second kappa shape index (κ2) is 3.86. The van der Waals surface area contributed by atoms with Crippen LogP contribution in [0.3, 0.4) is 0 Å². The molecule has 0 atom stereocenters. The summed E-state index contributed by atoms with van der Waals surface area (Å²) in [4.78, 5) is 10.6. The van der Waals surface area contributed by atoms with Gasteiger partial charge < -0.3 is 4.98 Å². The molecule has 15 heavy (non-hydrogen) atoms. The number of aromatic nitrogens is 3. The van der Waals surface area contributed by atoms with Crippen LogP contribution in [0.4, 0.5) is 4.39 Å². The Labute approximate surface area is 91.0 Å². The van der Waals surface area contributed by atoms with Gasteiger partial charge in [0, 0.05) is 17.5 Å². The third kappa shape index (κ3) is 2.07. The van der Waals surface area contributed by atoms with E-state index < -0.39 is 5.82 Å². The van der Waals surface area contributed by atoms with Gasteiger partial charge in [-0.25, -0.2) is 9.37 Å². The Bertz CT molecular complexity index is 550. The fourth-order valence-corrected chi connectivity index (χ4v) is 1.56. The van der Waals surface area contributed by atoms with Crippen molar-refractivity contribution in [2.45, 2.75) is 6.92 Å². The Morgan fingerprint density at radius 1 is 1.47 bits per heavy atom. The van der Waals surface area contributed by atoms with Gasteiger partial charge in [0.25, 0.3) is 0 Å². The minimum absolute atomic E-state index is 0.348. The number of halogens is 1. The Morgan fingerprint density at radius 2 is 2.27 bits per heavy atom. The molecule has 0 aromatic carbocycles. The molecule has 0 spiro atoms. The molecule has 3 nitrogen and oxygen atoms in total. The largest absolute Gasteiger partial charge is 0.335 e. The lowest BCUT2D eigenvalue weighted by Crippen LogP contribution is -1.93. The lowest BCUT2D eigenvalue weighted by Gasteiger charge is -2.02. The van der Waals surface area contributed by atoms with E-state index >= 15 is 0 Å². The average molecular weight is 221 g/mol. The number of rotatable bonds is 1. The van der Waals surface area contributed by atoms with E-state index in [2.05, 4.69) is 15.0 Å². The van der Waals surface area contributed by atoms with Crippen molar-refractivity contribution in [1.29, 1.82) is 0 Å². The van der Waals surface area contributed by atoms with E-state index in [1.54, 1.807) is 12.1 Å². The number of nitrogens with zero attached hydrogens (tertiary/aromatic N) is 2. The highest BCUT2D eigenvalue weighted by atomic mass is 32.1. The van der Waals surface area contributed by atoms with Crippen LogP contribution >= 0.6 is 12.2 Å². The van der Waals surface area contributed by atoms with Crippen LogP contribution in [0, 0.1) is 17.5 Å². The van der Waals surface area contributed by atoms with Crippen molar-refractivity contribution in [3.05, 3.63) is 40.8 Å². The quantitative estimate of drug-likeness (QED) is 0.753. The lowest BCUT2D eigenvalue weighted by atomic mass is 10.1. The van der Waals surface area contributed by atoms with E-state index in [-0.39, 0.29) is 0 Å². The van der Waals surface area contributed by atoms with Gasteiger partial charge in [0.05, 0.1) is 11.9 Å². The van der Waals surface area contributed by atoms with Gasteiger partial charge in [-0.2, -0.15) is 0 Å². The summed E-state index contributed by atoms with van der Waals surface area (Å²) in [5.41, 5.74) is 1.78. The zero-order valence-corrected chi connectivity index (χ0v) is 8.81. The topological polar surface area (TPSA) is 41.6 Å². The number of aryl methyl sites for hydroxylation is 1. The van der Waals surface area contributed by atoms with Crippen molar-refractivity contribution in [3.8, 4) is 11.3 Å². The first-order valence-corrected chi connectivity index (χ1v) is 4.75. The molecule has 76 valence electrons. The summed E-state index contributed by atoms with van der Waals surface area (Å²) < 4.78 is 13.7. The third-order valence-electron chi connectivity index (χ3n) is 1.93. The molecular formula is C10H8FN3S. The van der Waals surface area contributed by atoms with Gasteiger partial charge in [0.15, 0.2) is 10.6 Å². The molecule has 5 heteroatoms. The van der Waals surface area contributed by atoms with E-state index in [0.29, 0.717) is 16.0 Å². The molecular weight excluding hydrogens is 213 g/mol. The molecule has 0 saturated carbocycles. The summed E-state index contributed by atoms with van der Waals surface area (Å²) in [6.07, 6.45) is 2.68. The number of pyridine rings is 1. The SMILES string of the molecule is Cc1cc(-c2ccncc2F)nc(=S)[nH]1. The number of hydrogen-bond acceptors (Lipinski definition) is 3. The first-order chi connectivity index (χ1) is 7.16. The number of aromatic amines is 1. The van der Waals surface area contributed by atoms with E-state index in [1.807, 2.05) is 6.92 Å². The zero-order chi connectivity index (χ0) is 10.8. The fourth-order valence-electron chi connectivity index (χ4n) is 1.30. The van der Waals surface area contributed by atoms with Gasteiger partial charge >= 0.3 is 0 Å². The van der Waals surface area contributed by atoms with Crippen molar-refractivity contribution in [2.75, 3.05) is 0 Å². The van der Waals surface area contributed by atoms with Crippen molar-refractivity contribution in [1.82, 2.24) is 15.0 Å². The van der Waals surface area contributed by atoms with Gasteiger partial charge in [0.2, 0.25) is 0 Å². The maximum atomic E-state index is 13.4. The van der Waals surface area contributed by atoms with E-state index in [4.69, 9.17) is 12.2 Å². The van der Waals surface area contributed by atoms with E-state index in [0.717, 1.165) is 11.9 Å². The molecule has 2 aromatic heterocycles. The van der Waals surface area contributed by atoms with Crippen LogP contribution in [-0.2, 0) is 0 Å². The zero-order valence-electron chi connectivity index (χ0n) is 7.99. The summed E-state index contributed by atoms with van der Waals surface area (Å²) in [5.74, 6) is -0.398. The molecule has 2 rings (SSSR count). The van der Waals surface area contributed by atoms with Crippen LogP contribution in [0.2, 0.25) is 0 Å². The van der Waals surface area contributed by atoms with Crippen molar-refractivity contribution >= 4 is 12.2 Å². The predicted octanol–water partition coefficient (Wildman–Crippen LogP) is 2.65. The van der Waals surface area contributed by atoms with Crippen molar-refractivity contribution in [2.24, 2.45) is 0 Å². The van der Waals surface area contributed by atoms with Gasteiger partial charge in [-0.1, -0.05) is 0 Å². The first-order valence-electron chi connectivity index (χ1n) is 4.34. The summed E-state index contributed by atoms with van der Waals surface area (Å²) >= 11 is 4.93. The minimum Gasteiger partial charge on any atom is -0.335 e. The summed E-state index contributed by atoms with van der Waals surface area (Å²) in [6, 6.07) is 3.32. The number of H-pyrrole nitrogens is 1. The monoisotopic (exact) mass is 221 g/mol. The molecule has 0 fully saturated rings. The molecule has 0 radical (unpaired) electrons. The van der Waals surface area contributed by atoms with Crippen LogP contribution in [0.25, 0.3) is 11.3 Å². The molecule has 0 aliphatic heterocycles. The Kier molecular flexibility index (Phi) is 2.55. The molecule has 0 bridgehead atoms. The Morgan fingerprint density at radius 3 is 2.93 bits per heavy atom. The summed E-state index contributed by atoms with van der Waals surface area (Å²) in [5, 5.41) is 0. The highest BCUT2D eigenvalue weighted by Gasteiger charge is 2.06. The predicted molar refractivity (Wildman–Crippen MR) is 57.3 cm³/mol. The van der Waals surface area contributed by atoms with Crippen LogP contribution in [-0.4, -0.2) is 15.0 Å².